The fraction of sp³-hybridized carbons (Fsp3) is 0.533. The van der Waals surface area contributed by atoms with Gasteiger partial charge in [-0.25, -0.2) is 8.42 Å². The van der Waals surface area contributed by atoms with E-state index in [4.69, 9.17) is 0 Å². The minimum atomic E-state index is -3.53. The van der Waals surface area contributed by atoms with E-state index in [0.717, 1.165) is 42.4 Å². The summed E-state index contributed by atoms with van der Waals surface area (Å²) in [6, 6.07) is 15.2. The second kappa shape index (κ2) is 13.8. The summed E-state index contributed by atoms with van der Waals surface area (Å²) >= 11 is 0. The Morgan fingerprint density at radius 2 is 1.68 bits per heavy atom. The van der Waals surface area contributed by atoms with Crippen molar-refractivity contribution in [2.75, 3.05) is 23.7 Å². The summed E-state index contributed by atoms with van der Waals surface area (Å²) in [5.74, 6) is -0.210. The van der Waals surface area contributed by atoms with Gasteiger partial charge in [0.2, 0.25) is 21.8 Å². The molecule has 8 heteroatoms. The number of carbonyl (C=O) groups is 2. The lowest BCUT2D eigenvalue weighted by atomic mass is 10.1. The topological polar surface area (TPSA) is 86.8 Å². The third kappa shape index (κ3) is 8.06. The second-order valence-electron chi connectivity index (χ2n) is 10.4. The molecule has 0 unspecified atom stereocenters. The lowest BCUT2D eigenvalue weighted by Gasteiger charge is -2.32. The molecule has 1 aliphatic carbocycles. The predicted octanol–water partition coefficient (Wildman–Crippen LogP) is 4.76. The smallest absolute Gasteiger partial charge is 0.243 e. The van der Waals surface area contributed by atoms with Gasteiger partial charge in [0.25, 0.3) is 0 Å². The number of hydrogen-bond acceptors (Lipinski definition) is 4. The number of rotatable bonds is 13. The highest BCUT2D eigenvalue weighted by atomic mass is 32.2. The Hall–Kier alpha value is -2.87. The van der Waals surface area contributed by atoms with E-state index in [0.29, 0.717) is 31.5 Å². The van der Waals surface area contributed by atoms with Crippen molar-refractivity contribution >= 4 is 27.5 Å². The normalized spacial score (nSPS) is 14.7. The van der Waals surface area contributed by atoms with Crippen molar-refractivity contribution in [2.45, 2.75) is 84.2 Å². The van der Waals surface area contributed by atoms with Crippen molar-refractivity contribution in [1.29, 1.82) is 0 Å². The van der Waals surface area contributed by atoms with E-state index in [9.17, 15) is 18.0 Å². The maximum Gasteiger partial charge on any atom is 0.243 e. The van der Waals surface area contributed by atoms with Crippen molar-refractivity contribution in [2.24, 2.45) is 0 Å². The monoisotopic (exact) mass is 541 g/mol. The first-order chi connectivity index (χ1) is 18.1. The fourth-order valence-corrected chi connectivity index (χ4v) is 6.27. The number of anilines is 1. The van der Waals surface area contributed by atoms with Crippen molar-refractivity contribution in [3.05, 3.63) is 65.2 Å². The molecular formula is C30H43N3O4S. The van der Waals surface area contributed by atoms with E-state index in [1.54, 1.807) is 11.0 Å². The highest BCUT2D eigenvalue weighted by Crippen LogP contribution is 2.25. The standard InChI is InChI=1S/C30H43N3O4S/c1-5-27(30(35)31-26-16-9-10-17-26)32(22-20-25-14-7-6-8-15-25)29(34)19-12-21-33(38(4,36)37)28-18-11-13-23(2)24(28)3/h6-8,11,13-15,18,26-27H,5,9-10,12,16-17,19-22H2,1-4H3,(H,31,35)/t27-/m0/s1. The quantitative estimate of drug-likeness (QED) is 0.396. The molecule has 0 heterocycles. The van der Waals surface area contributed by atoms with E-state index in [2.05, 4.69) is 5.32 Å². The molecule has 1 N–H and O–H groups in total. The summed E-state index contributed by atoms with van der Waals surface area (Å²) in [6.07, 6.45) is 7.11. The van der Waals surface area contributed by atoms with Crippen LogP contribution in [0.2, 0.25) is 0 Å². The van der Waals surface area contributed by atoms with Gasteiger partial charge in [0, 0.05) is 25.6 Å². The molecule has 0 bridgehead atoms. The van der Waals surface area contributed by atoms with E-state index < -0.39 is 16.1 Å². The summed E-state index contributed by atoms with van der Waals surface area (Å²) < 4.78 is 26.7. The Morgan fingerprint density at radius 1 is 1.00 bits per heavy atom. The lowest BCUT2D eigenvalue weighted by Crippen LogP contribution is -2.52. The summed E-state index contributed by atoms with van der Waals surface area (Å²) in [4.78, 5) is 28.5. The molecule has 2 amide bonds. The van der Waals surface area contributed by atoms with Gasteiger partial charge in [0.1, 0.15) is 6.04 Å². The van der Waals surface area contributed by atoms with Crippen LogP contribution in [0.3, 0.4) is 0 Å². The maximum absolute atomic E-state index is 13.6. The molecule has 2 aromatic carbocycles. The molecular weight excluding hydrogens is 498 g/mol. The third-order valence-electron chi connectivity index (χ3n) is 7.57. The van der Waals surface area contributed by atoms with Gasteiger partial charge in [-0.1, -0.05) is 62.2 Å². The van der Waals surface area contributed by atoms with Crippen LogP contribution in [0.25, 0.3) is 0 Å². The van der Waals surface area contributed by atoms with Crippen LogP contribution >= 0.6 is 0 Å². The molecule has 0 radical (unpaired) electrons. The van der Waals surface area contributed by atoms with Crippen LogP contribution in [0.5, 0.6) is 0 Å². The molecule has 1 aliphatic rings. The summed E-state index contributed by atoms with van der Waals surface area (Å²) in [7, 11) is -3.53. The number of aryl methyl sites for hydroxylation is 1. The highest BCUT2D eigenvalue weighted by Gasteiger charge is 2.30. The predicted molar refractivity (Wildman–Crippen MR) is 154 cm³/mol. The first-order valence-electron chi connectivity index (χ1n) is 13.8. The summed E-state index contributed by atoms with van der Waals surface area (Å²) in [6.45, 7) is 6.44. The van der Waals surface area contributed by atoms with Crippen LogP contribution in [0.4, 0.5) is 5.69 Å². The van der Waals surface area contributed by atoms with Gasteiger partial charge in [-0.2, -0.15) is 0 Å². The molecule has 38 heavy (non-hydrogen) atoms. The van der Waals surface area contributed by atoms with Crippen molar-refractivity contribution < 1.29 is 18.0 Å². The average Bonchev–Trinajstić information content (AvgIpc) is 3.39. The Kier molecular flexibility index (Phi) is 10.8. The molecule has 0 aliphatic heterocycles. The molecule has 1 fully saturated rings. The number of sulfonamides is 1. The zero-order chi connectivity index (χ0) is 27.7. The first kappa shape index (κ1) is 29.7. The van der Waals surface area contributed by atoms with E-state index in [-0.39, 0.29) is 30.8 Å². The van der Waals surface area contributed by atoms with E-state index in [1.807, 2.05) is 63.2 Å². The molecule has 0 aromatic heterocycles. The zero-order valence-corrected chi connectivity index (χ0v) is 24.1. The van der Waals surface area contributed by atoms with E-state index in [1.165, 1.54) is 10.6 Å². The molecule has 0 saturated heterocycles. The largest absolute Gasteiger partial charge is 0.352 e. The molecule has 1 saturated carbocycles. The number of nitrogens with zero attached hydrogens (tertiary/aromatic N) is 2. The fourth-order valence-electron chi connectivity index (χ4n) is 5.25. The Labute approximate surface area is 228 Å². The second-order valence-corrected chi connectivity index (χ2v) is 12.3. The number of nitrogens with one attached hydrogen (secondary N) is 1. The van der Waals surface area contributed by atoms with Crippen LogP contribution in [0.1, 0.15) is 68.6 Å². The van der Waals surface area contributed by atoms with Gasteiger partial charge >= 0.3 is 0 Å². The lowest BCUT2D eigenvalue weighted by molar-refractivity contribution is -0.141. The van der Waals surface area contributed by atoms with Gasteiger partial charge in [-0.15, -0.1) is 0 Å². The highest BCUT2D eigenvalue weighted by molar-refractivity contribution is 7.92. The van der Waals surface area contributed by atoms with Crippen LogP contribution in [-0.4, -0.2) is 56.6 Å². The molecule has 0 spiro atoms. The van der Waals surface area contributed by atoms with Crippen molar-refractivity contribution in [3.8, 4) is 0 Å². The minimum Gasteiger partial charge on any atom is -0.352 e. The van der Waals surface area contributed by atoms with Crippen LogP contribution in [0.15, 0.2) is 48.5 Å². The molecule has 7 nitrogen and oxygen atoms in total. The maximum atomic E-state index is 13.6. The van der Waals surface area contributed by atoms with Gasteiger partial charge in [-0.05, 0) is 68.7 Å². The van der Waals surface area contributed by atoms with Gasteiger partial charge in [0.15, 0.2) is 0 Å². The Balaban J connectivity index is 1.73. The van der Waals surface area contributed by atoms with Gasteiger partial charge < -0.3 is 10.2 Å². The Morgan fingerprint density at radius 3 is 2.32 bits per heavy atom. The molecule has 208 valence electrons. The SMILES string of the molecule is CC[C@@H](C(=O)NC1CCCC1)N(CCc1ccccc1)C(=O)CCCN(c1cccc(C)c1C)S(C)(=O)=O. The number of amides is 2. The van der Waals surface area contributed by atoms with Crippen molar-refractivity contribution in [3.63, 3.8) is 0 Å². The van der Waals surface area contributed by atoms with Crippen LogP contribution in [0, 0.1) is 13.8 Å². The number of benzene rings is 2. The van der Waals surface area contributed by atoms with Crippen molar-refractivity contribution in [1.82, 2.24) is 10.2 Å². The Bertz CT molecular complexity index is 1180. The van der Waals surface area contributed by atoms with Crippen LogP contribution in [-0.2, 0) is 26.0 Å². The minimum absolute atomic E-state index is 0.0889. The number of hydrogen-bond donors (Lipinski definition) is 1. The van der Waals surface area contributed by atoms with Gasteiger partial charge in [0.05, 0.1) is 11.9 Å². The van der Waals surface area contributed by atoms with E-state index >= 15 is 0 Å². The average molecular weight is 542 g/mol. The summed E-state index contributed by atoms with van der Waals surface area (Å²) in [5, 5.41) is 3.17. The van der Waals surface area contributed by atoms with Crippen LogP contribution < -0.4 is 9.62 Å². The first-order valence-corrected chi connectivity index (χ1v) is 15.6. The number of carbonyl (C=O) groups excluding carboxylic acids is 2. The molecule has 3 rings (SSSR count). The third-order valence-corrected chi connectivity index (χ3v) is 8.75. The van der Waals surface area contributed by atoms with Gasteiger partial charge in [-0.3, -0.25) is 13.9 Å². The molecule has 2 aromatic rings. The summed E-state index contributed by atoms with van der Waals surface area (Å²) in [5.41, 5.74) is 3.67. The zero-order valence-electron chi connectivity index (χ0n) is 23.3. The molecule has 1 atom stereocenters.